The van der Waals surface area contributed by atoms with Crippen LogP contribution in [0.25, 0.3) is 0 Å². The van der Waals surface area contributed by atoms with Crippen LogP contribution in [0.1, 0.15) is 28.8 Å². The lowest BCUT2D eigenvalue weighted by Gasteiger charge is -2.37. The topological polar surface area (TPSA) is 51.5 Å². The summed E-state index contributed by atoms with van der Waals surface area (Å²) in [5.41, 5.74) is 0.726. The molecule has 88 valence electrons. The molecular formula is C12H17NO3. The van der Waals surface area contributed by atoms with E-state index in [1.165, 1.54) is 0 Å². The van der Waals surface area contributed by atoms with Gasteiger partial charge in [-0.3, -0.25) is 4.79 Å². The quantitative estimate of drug-likeness (QED) is 0.848. The maximum Gasteiger partial charge on any atom is 0.254 e. The van der Waals surface area contributed by atoms with Crippen LogP contribution in [0.15, 0.2) is 10.5 Å². The van der Waals surface area contributed by atoms with Crippen molar-refractivity contribution in [3.8, 4) is 0 Å². The van der Waals surface area contributed by atoms with Gasteiger partial charge in [-0.05, 0) is 19.9 Å². The van der Waals surface area contributed by atoms with Gasteiger partial charge in [0.2, 0.25) is 0 Å². The average molecular weight is 223 g/mol. The van der Waals surface area contributed by atoms with E-state index < -0.39 is 0 Å². The van der Waals surface area contributed by atoms with Crippen LogP contribution in [0.4, 0.5) is 0 Å². The van der Waals surface area contributed by atoms with E-state index in [2.05, 4.69) is 12.2 Å². The summed E-state index contributed by atoms with van der Waals surface area (Å²) in [5, 5.41) is 2.92. The van der Waals surface area contributed by atoms with E-state index in [9.17, 15) is 4.79 Å². The molecule has 1 aromatic rings. The maximum absolute atomic E-state index is 11.9. The first-order valence-electron chi connectivity index (χ1n) is 5.43. The summed E-state index contributed by atoms with van der Waals surface area (Å²) in [6.45, 7) is 7.83. The fourth-order valence-electron chi connectivity index (χ4n) is 1.80. The normalized spacial score (nSPS) is 17.9. The fraction of sp³-hybridized carbons (Fsp3) is 0.583. The molecule has 1 aliphatic heterocycles. The summed E-state index contributed by atoms with van der Waals surface area (Å²) in [6.07, 6.45) is 0. The lowest BCUT2D eigenvalue weighted by Crippen LogP contribution is -2.48. The van der Waals surface area contributed by atoms with Crippen LogP contribution in [-0.4, -0.2) is 25.7 Å². The van der Waals surface area contributed by atoms with Gasteiger partial charge < -0.3 is 14.5 Å². The Morgan fingerprint density at radius 1 is 1.50 bits per heavy atom. The van der Waals surface area contributed by atoms with Crippen molar-refractivity contribution in [2.24, 2.45) is 5.41 Å². The number of amides is 1. The molecule has 0 saturated carbocycles. The highest BCUT2D eigenvalue weighted by atomic mass is 16.5. The zero-order chi connectivity index (χ0) is 11.8. The predicted molar refractivity (Wildman–Crippen MR) is 59.4 cm³/mol. The van der Waals surface area contributed by atoms with Crippen molar-refractivity contribution in [1.82, 2.24) is 5.32 Å². The van der Waals surface area contributed by atoms with Gasteiger partial charge in [-0.1, -0.05) is 6.92 Å². The van der Waals surface area contributed by atoms with Crippen LogP contribution in [0, 0.1) is 19.3 Å². The van der Waals surface area contributed by atoms with Crippen LogP contribution >= 0.6 is 0 Å². The number of carbonyl (C=O) groups excluding carboxylic acids is 1. The van der Waals surface area contributed by atoms with Crippen LogP contribution in [0.5, 0.6) is 0 Å². The molecule has 0 spiro atoms. The molecular weight excluding hydrogens is 206 g/mol. The van der Waals surface area contributed by atoms with E-state index in [-0.39, 0.29) is 11.3 Å². The van der Waals surface area contributed by atoms with Crippen LogP contribution in [0.2, 0.25) is 0 Å². The zero-order valence-electron chi connectivity index (χ0n) is 9.92. The number of hydrogen-bond acceptors (Lipinski definition) is 3. The number of aryl methyl sites for hydroxylation is 2. The molecule has 4 heteroatoms. The minimum absolute atomic E-state index is 0.0672. The smallest absolute Gasteiger partial charge is 0.254 e. The minimum atomic E-state index is -0.0672. The second-order valence-electron chi connectivity index (χ2n) is 4.81. The fourth-order valence-corrected chi connectivity index (χ4v) is 1.80. The van der Waals surface area contributed by atoms with E-state index in [0.29, 0.717) is 17.9 Å². The molecule has 2 rings (SSSR count). The molecule has 16 heavy (non-hydrogen) atoms. The Morgan fingerprint density at radius 3 is 2.62 bits per heavy atom. The summed E-state index contributed by atoms with van der Waals surface area (Å²) in [4.78, 5) is 11.9. The average Bonchev–Trinajstić information content (AvgIpc) is 2.51. The van der Waals surface area contributed by atoms with Crippen LogP contribution in [0.3, 0.4) is 0 Å². The largest absolute Gasteiger partial charge is 0.466 e. The van der Waals surface area contributed by atoms with E-state index in [1.54, 1.807) is 13.0 Å². The molecule has 0 radical (unpaired) electrons. The molecule has 1 aromatic heterocycles. The Morgan fingerprint density at radius 2 is 2.19 bits per heavy atom. The lowest BCUT2D eigenvalue weighted by molar-refractivity contribution is -0.0978. The minimum Gasteiger partial charge on any atom is -0.466 e. The molecule has 1 saturated heterocycles. The predicted octanol–water partition coefficient (Wildman–Crippen LogP) is 1.66. The number of ether oxygens (including phenoxy) is 1. The van der Waals surface area contributed by atoms with Crippen molar-refractivity contribution in [2.75, 3.05) is 19.8 Å². The van der Waals surface area contributed by atoms with E-state index >= 15 is 0 Å². The number of furan rings is 1. The second-order valence-corrected chi connectivity index (χ2v) is 4.81. The van der Waals surface area contributed by atoms with Crippen molar-refractivity contribution >= 4 is 5.91 Å². The van der Waals surface area contributed by atoms with Gasteiger partial charge >= 0.3 is 0 Å². The summed E-state index contributed by atoms with van der Waals surface area (Å²) < 4.78 is 10.5. The lowest BCUT2D eigenvalue weighted by atomic mass is 9.88. The molecule has 0 aromatic carbocycles. The molecule has 1 N–H and O–H groups in total. The molecule has 0 atom stereocenters. The Labute approximate surface area is 95.0 Å². The highest BCUT2D eigenvalue weighted by molar-refractivity contribution is 5.95. The van der Waals surface area contributed by atoms with Crippen LogP contribution < -0.4 is 5.32 Å². The molecule has 1 fully saturated rings. The Kier molecular flexibility index (Phi) is 2.76. The molecule has 1 aliphatic rings. The molecule has 0 bridgehead atoms. The van der Waals surface area contributed by atoms with Gasteiger partial charge in [0.15, 0.2) is 0 Å². The van der Waals surface area contributed by atoms with E-state index in [1.807, 2.05) is 6.92 Å². The Bertz CT molecular complexity index is 404. The van der Waals surface area contributed by atoms with Gasteiger partial charge in [-0.25, -0.2) is 0 Å². The molecule has 1 amide bonds. The van der Waals surface area contributed by atoms with Gasteiger partial charge in [0.05, 0.1) is 18.8 Å². The third kappa shape index (κ3) is 2.11. The first kappa shape index (κ1) is 11.2. The third-order valence-electron chi connectivity index (χ3n) is 2.86. The first-order chi connectivity index (χ1) is 7.50. The number of rotatable bonds is 3. The summed E-state index contributed by atoms with van der Waals surface area (Å²) in [7, 11) is 0. The highest BCUT2D eigenvalue weighted by Gasteiger charge is 2.33. The van der Waals surface area contributed by atoms with Gasteiger partial charge in [-0.15, -0.1) is 0 Å². The SMILES string of the molecule is Cc1cc(C(=O)NCC2(C)COC2)c(C)o1. The van der Waals surface area contributed by atoms with Crippen molar-refractivity contribution in [3.05, 3.63) is 23.2 Å². The summed E-state index contributed by atoms with van der Waals surface area (Å²) in [6, 6.07) is 1.77. The van der Waals surface area contributed by atoms with Gasteiger partial charge in [0.25, 0.3) is 5.91 Å². The summed E-state index contributed by atoms with van der Waals surface area (Å²) >= 11 is 0. The van der Waals surface area contributed by atoms with Crippen LogP contribution in [-0.2, 0) is 4.74 Å². The molecule has 4 nitrogen and oxygen atoms in total. The first-order valence-corrected chi connectivity index (χ1v) is 5.43. The van der Waals surface area contributed by atoms with Gasteiger partial charge in [-0.2, -0.15) is 0 Å². The zero-order valence-corrected chi connectivity index (χ0v) is 9.92. The number of hydrogen-bond donors (Lipinski definition) is 1. The molecule has 0 unspecified atom stereocenters. The Hall–Kier alpha value is -1.29. The number of nitrogens with one attached hydrogen (secondary N) is 1. The Balaban J connectivity index is 1.95. The van der Waals surface area contributed by atoms with Crippen molar-refractivity contribution in [3.63, 3.8) is 0 Å². The highest BCUT2D eigenvalue weighted by Crippen LogP contribution is 2.25. The summed E-state index contributed by atoms with van der Waals surface area (Å²) in [5.74, 6) is 1.37. The second kappa shape index (κ2) is 3.94. The van der Waals surface area contributed by atoms with Gasteiger partial charge in [0.1, 0.15) is 11.5 Å². The molecule has 0 aliphatic carbocycles. The van der Waals surface area contributed by atoms with Gasteiger partial charge in [0, 0.05) is 12.0 Å². The third-order valence-corrected chi connectivity index (χ3v) is 2.86. The maximum atomic E-state index is 11.9. The van der Waals surface area contributed by atoms with Crippen molar-refractivity contribution in [2.45, 2.75) is 20.8 Å². The van der Waals surface area contributed by atoms with E-state index in [0.717, 1.165) is 19.0 Å². The number of carbonyl (C=O) groups is 1. The monoisotopic (exact) mass is 223 g/mol. The standard InChI is InChI=1S/C12H17NO3/c1-8-4-10(9(2)16-8)11(14)13-5-12(3)6-15-7-12/h4H,5-7H2,1-3H3,(H,13,14). The van der Waals surface area contributed by atoms with Crippen molar-refractivity contribution in [1.29, 1.82) is 0 Å². The molecule has 2 heterocycles. The van der Waals surface area contributed by atoms with E-state index in [4.69, 9.17) is 9.15 Å². The van der Waals surface area contributed by atoms with Crippen molar-refractivity contribution < 1.29 is 13.9 Å².